The number of hydrogen-bond acceptors (Lipinski definition) is 2. The zero-order chi connectivity index (χ0) is 5.61. The first-order chi connectivity index (χ1) is 3.85. The minimum Gasteiger partial charge on any atom is -0.271 e. The van der Waals surface area contributed by atoms with Gasteiger partial charge in [0, 0.05) is 6.54 Å². The lowest BCUT2D eigenvalue weighted by Gasteiger charge is -2.62. The molecule has 3 rings (SSSR count). The molecule has 0 aliphatic heterocycles. The van der Waals surface area contributed by atoms with Gasteiger partial charge in [-0.1, -0.05) is 0 Å². The zero-order valence-electron chi connectivity index (χ0n) is 5.80. The monoisotopic (exact) mass is 184 g/mol. The molecule has 0 heterocycles. The molecule has 0 saturated heterocycles. The first kappa shape index (κ1) is 10.5. The predicted molar refractivity (Wildman–Crippen MR) is 46.5 cm³/mol. The van der Waals surface area contributed by atoms with Gasteiger partial charge in [-0.3, -0.25) is 11.3 Å². The fraction of sp³-hybridized carbons (Fsp3) is 1.00. The Morgan fingerprint density at radius 3 is 1.90 bits per heavy atom. The third kappa shape index (κ3) is 1.26. The van der Waals surface area contributed by atoms with E-state index >= 15 is 0 Å². The normalized spacial score (nSPS) is 39.9. The highest BCUT2D eigenvalue weighted by atomic mass is 35.5. The highest BCUT2D eigenvalue weighted by Gasteiger charge is 2.55. The summed E-state index contributed by atoms with van der Waals surface area (Å²) in [7, 11) is 0. The molecule has 0 aromatic rings. The second-order valence-electron chi connectivity index (χ2n) is 3.36. The van der Waals surface area contributed by atoms with Crippen molar-refractivity contribution in [3.05, 3.63) is 0 Å². The Hall–Kier alpha value is 0.500. The molecule has 2 nitrogen and oxygen atoms in total. The minimum absolute atomic E-state index is 0. The van der Waals surface area contributed by atoms with Crippen LogP contribution in [-0.4, -0.2) is 6.54 Å². The van der Waals surface area contributed by atoms with Crippen molar-refractivity contribution >= 4 is 24.8 Å². The van der Waals surface area contributed by atoms with E-state index in [1.54, 1.807) is 0 Å². The summed E-state index contributed by atoms with van der Waals surface area (Å²) in [6, 6.07) is 0. The molecule has 3 N–H and O–H groups in total. The highest BCUT2D eigenvalue weighted by molar-refractivity contribution is 5.85. The van der Waals surface area contributed by atoms with Crippen molar-refractivity contribution in [2.24, 2.45) is 17.2 Å². The van der Waals surface area contributed by atoms with E-state index in [-0.39, 0.29) is 24.8 Å². The average molecular weight is 185 g/mol. The van der Waals surface area contributed by atoms with Crippen LogP contribution in [0.5, 0.6) is 0 Å². The van der Waals surface area contributed by atoms with E-state index in [1.807, 2.05) is 0 Å². The largest absolute Gasteiger partial charge is 0.271 e. The van der Waals surface area contributed by atoms with E-state index in [9.17, 15) is 0 Å². The first-order valence-electron chi connectivity index (χ1n) is 3.28. The molecule has 62 valence electrons. The van der Waals surface area contributed by atoms with Gasteiger partial charge >= 0.3 is 0 Å². The summed E-state index contributed by atoms with van der Waals surface area (Å²) in [5, 5.41) is 0. The Morgan fingerprint density at radius 1 is 1.30 bits per heavy atom. The Morgan fingerprint density at radius 2 is 1.80 bits per heavy atom. The molecule has 0 amide bonds. The lowest BCUT2D eigenvalue weighted by Crippen LogP contribution is -2.57. The lowest BCUT2D eigenvalue weighted by molar-refractivity contribution is -0.102. The topological polar surface area (TPSA) is 38.0 Å². The van der Waals surface area contributed by atoms with Gasteiger partial charge in [-0.2, -0.15) is 0 Å². The van der Waals surface area contributed by atoms with Crippen LogP contribution in [0.4, 0.5) is 0 Å². The van der Waals surface area contributed by atoms with Crippen LogP contribution in [0.3, 0.4) is 0 Å². The fourth-order valence-corrected chi connectivity index (χ4v) is 2.09. The molecule has 3 fully saturated rings. The summed E-state index contributed by atoms with van der Waals surface area (Å²) >= 11 is 0. The Kier molecular flexibility index (Phi) is 3.43. The average Bonchev–Trinajstić information content (AvgIpc) is 1.50. The number of hydrazine groups is 1. The summed E-state index contributed by atoms with van der Waals surface area (Å²) in [5.41, 5.74) is 3.43. The second kappa shape index (κ2) is 3.26. The van der Waals surface area contributed by atoms with Crippen LogP contribution >= 0.6 is 24.8 Å². The van der Waals surface area contributed by atoms with Gasteiger partial charge in [-0.05, 0) is 30.6 Å². The van der Waals surface area contributed by atoms with Crippen LogP contribution in [0.25, 0.3) is 0 Å². The predicted octanol–water partition coefficient (Wildman–Crippen LogP) is 1.09. The molecular formula is C6H14Cl2N2. The maximum atomic E-state index is 5.20. The summed E-state index contributed by atoms with van der Waals surface area (Å²) in [5.74, 6) is 6.29. The first-order valence-corrected chi connectivity index (χ1v) is 3.28. The molecule has 0 aromatic heterocycles. The SMILES string of the molecule is Cl.Cl.NNCC12CC(C1)C2. The third-order valence-corrected chi connectivity index (χ3v) is 2.64. The van der Waals surface area contributed by atoms with Gasteiger partial charge in [0.1, 0.15) is 0 Å². The van der Waals surface area contributed by atoms with Gasteiger partial charge in [0.15, 0.2) is 0 Å². The number of halogens is 2. The molecule has 0 radical (unpaired) electrons. The Bertz CT molecular complexity index is 101. The molecule has 3 aliphatic rings. The van der Waals surface area contributed by atoms with E-state index in [1.165, 1.54) is 19.3 Å². The molecule has 0 unspecified atom stereocenters. The van der Waals surface area contributed by atoms with Gasteiger partial charge in [-0.15, -0.1) is 24.8 Å². The maximum Gasteiger partial charge on any atom is 0.0154 e. The van der Waals surface area contributed by atoms with Crippen LogP contribution in [0.15, 0.2) is 0 Å². The van der Waals surface area contributed by atoms with E-state index in [2.05, 4.69) is 5.43 Å². The maximum absolute atomic E-state index is 5.20. The van der Waals surface area contributed by atoms with Crippen molar-refractivity contribution in [1.82, 2.24) is 5.43 Å². The number of hydrogen-bond donors (Lipinski definition) is 2. The lowest BCUT2D eigenvalue weighted by atomic mass is 9.44. The van der Waals surface area contributed by atoms with Crippen molar-refractivity contribution < 1.29 is 0 Å². The van der Waals surface area contributed by atoms with E-state index in [0.717, 1.165) is 12.5 Å². The molecule has 3 saturated carbocycles. The highest BCUT2D eigenvalue weighted by Crippen LogP contribution is 2.63. The van der Waals surface area contributed by atoms with Gasteiger partial charge in [-0.25, -0.2) is 0 Å². The molecule has 3 aliphatic carbocycles. The Balaban J connectivity index is 0.000000405. The van der Waals surface area contributed by atoms with Crippen molar-refractivity contribution in [3.63, 3.8) is 0 Å². The summed E-state index contributed by atoms with van der Waals surface area (Å²) < 4.78 is 0. The van der Waals surface area contributed by atoms with Crippen LogP contribution in [-0.2, 0) is 0 Å². The molecular weight excluding hydrogens is 171 g/mol. The summed E-state index contributed by atoms with van der Waals surface area (Å²) in [6.07, 6.45) is 4.32. The summed E-state index contributed by atoms with van der Waals surface area (Å²) in [6.45, 7) is 1.05. The van der Waals surface area contributed by atoms with Gasteiger partial charge < -0.3 is 0 Å². The van der Waals surface area contributed by atoms with Crippen LogP contribution in [0.1, 0.15) is 19.3 Å². The van der Waals surface area contributed by atoms with Crippen molar-refractivity contribution in [1.29, 1.82) is 0 Å². The third-order valence-electron chi connectivity index (χ3n) is 2.64. The quantitative estimate of drug-likeness (QED) is 0.499. The zero-order valence-corrected chi connectivity index (χ0v) is 7.43. The van der Waals surface area contributed by atoms with Crippen molar-refractivity contribution in [2.45, 2.75) is 19.3 Å². The van der Waals surface area contributed by atoms with Crippen LogP contribution in [0, 0.1) is 11.3 Å². The van der Waals surface area contributed by atoms with E-state index < -0.39 is 0 Å². The van der Waals surface area contributed by atoms with E-state index in [0.29, 0.717) is 5.41 Å². The van der Waals surface area contributed by atoms with Gasteiger partial charge in [0.2, 0.25) is 0 Å². The molecule has 0 spiro atoms. The molecule has 10 heavy (non-hydrogen) atoms. The standard InChI is InChI=1S/C6H12N2.2ClH/c7-8-4-6-1-5(2-6)3-6;;/h5,8H,1-4,7H2;2*1H. The number of rotatable bonds is 2. The second-order valence-corrected chi connectivity index (χ2v) is 3.36. The fourth-order valence-electron chi connectivity index (χ4n) is 2.09. The van der Waals surface area contributed by atoms with Crippen LogP contribution in [0.2, 0.25) is 0 Å². The number of nitrogens with two attached hydrogens (primary N) is 1. The molecule has 0 aromatic carbocycles. The molecule has 0 atom stereocenters. The van der Waals surface area contributed by atoms with Crippen molar-refractivity contribution in [3.8, 4) is 0 Å². The minimum atomic E-state index is 0. The van der Waals surface area contributed by atoms with Crippen LogP contribution < -0.4 is 11.3 Å². The summed E-state index contributed by atoms with van der Waals surface area (Å²) in [4.78, 5) is 0. The van der Waals surface area contributed by atoms with Gasteiger partial charge in [0.25, 0.3) is 0 Å². The molecule has 2 bridgehead atoms. The van der Waals surface area contributed by atoms with Gasteiger partial charge in [0.05, 0.1) is 0 Å². The Labute approximate surface area is 73.7 Å². The van der Waals surface area contributed by atoms with E-state index in [4.69, 9.17) is 5.84 Å². The molecule has 4 heteroatoms. The smallest absolute Gasteiger partial charge is 0.0154 e. The number of nitrogens with one attached hydrogen (secondary N) is 1. The van der Waals surface area contributed by atoms with Crippen molar-refractivity contribution in [2.75, 3.05) is 6.54 Å².